The van der Waals surface area contributed by atoms with Gasteiger partial charge in [-0.3, -0.25) is 0 Å². The van der Waals surface area contributed by atoms with Crippen molar-refractivity contribution in [3.63, 3.8) is 0 Å². The van der Waals surface area contributed by atoms with Crippen molar-refractivity contribution < 1.29 is 4.42 Å². The second kappa shape index (κ2) is 16.4. The predicted molar refractivity (Wildman–Crippen MR) is 309 cm³/mol. The normalized spacial score (nSPS) is 14.6. The summed E-state index contributed by atoms with van der Waals surface area (Å²) in [6.45, 7) is 4.74. The van der Waals surface area contributed by atoms with Crippen LogP contribution in [-0.4, -0.2) is 0 Å². The van der Waals surface area contributed by atoms with Crippen LogP contribution >= 0.6 is 0 Å². The Morgan fingerprint density at radius 2 is 0.707 bits per heavy atom. The van der Waals surface area contributed by atoms with Crippen molar-refractivity contribution in [2.45, 2.75) is 30.1 Å². The van der Waals surface area contributed by atoms with Gasteiger partial charge in [0.25, 0.3) is 0 Å². The maximum Gasteiger partial charge on any atom is 0.141 e. The first-order valence-corrected chi connectivity index (χ1v) is 26.2. The van der Waals surface area contributed by atoms with Crippen LogP contribution in [0.25, 0.3) is 55.5 Å². The largest absolute Gasteiger partial charge is 0.464 e. The SMILES string of the molecule is CC1(C)c2ccc(-c3cccc4ccoc34)cc2-c2cc(N(c3ccc4c(c3)-c3ccccc3C4(c3ccccc3)c3ccccc3)c3ccc4c(c3)C(c3ccccc3)(c3ccccc3)c3ccccc3-4)ccc21. The molecule has 0 saturated carbocycles. The lowest BCUT2D eigenvalue weighted by molar-refractivity contribution is 0.617. The number of para-hydroxylation sites is 1. The molecule has 3 aliphatic rings. The van der Waals surface area contributed by atoms with E-state index in [1.54, 1.807) is 6.26 Å². The molecule has 0 saturated heterocycles. The standard InChI is InChI=1S/C73H51NO/c1-71(2)64-39-34-49(57-31-19-20-48-42-43-75-70(48)57)44-61(64)63-46-54(36-40-65(63)71)74(55-37-41-68-62(45-55)59-30-16-18-33-67(59)72(68,50-21-7-3-8-22-50)51-23-9-4-10-24-51)56-35-38-60-58-29-15-17-32-66(58)73(69(60)47-56,52-25-11-5-12-26-52)53-27-13-6-14-28-53/h3-47H,1-2H3. The average molecular weight is 958 g/mol. The molecule has 0 bridgehead atoms. The van der Waals surface area contributed by atoms with Gasteiger partial charge in [0.15, 0.2) is 0 Å². The lowest BCUT2D eigenvalue weighted by Crippen LogP contribution is -2.29. The Bertz CT molecular complexity index is 4130. The molecule has 354 valence electrons. The van der Waals surface area contributed by atoms with E-state index in [9.17, 15) is 0 Å². The molecule has 75 heavy (non-hydrogen) atoms. The van der Waals surface area contributed by atoms with E-state index in [0.717, 1.165) is 39.2 Å². The lowest BCUT2D eigenvalue weighted by Gasteiger charge is -2.35. The molecule has 12 aromatic rings. The summed E-state index contributed by atoms with van der Waals surface area (Å²) in [5.74, 6) is 0. The molecule has 11 aromatic carbocycles. The molecule has 0 atom stereocenters. The van der Waals surface area contributed by atoms with Crippen LogP contribution in [0.3, 0.4) is 0 Å². The number of hydrogen-bond donors (Lipinski definition) is 0. The monoisotopic (exact) mass is 957 g/mol. The Balaban J connectivity index is 0.991. The molecule has 0 radical (unpaired) electrons. The van der Waals surface area contributed by atoms with E-state index in [4.69, 9.17) is 4.42 Å². The summed E-state index contributed by atoms with van der Waals surface area (Å²) in [5.41, 5.74) is 25.5. The average Bonchev–Trinajstić information content (AvgIpc) is 4.29. The lowest BCUT2D eigenvalue weighted by atomic mass is 9.67. The van der Waals surface area contributed by atoms with Crippen molar-refractivity contribution in [3.8, 4) is 44.5 Å². The number of furan rings is 1. The molecule has 0 amide bonds. The molecule has 0 unspecified atom stereocenters. The Hall–Kier alpha value is -9.24. The van der Waals surface area contributed by atoms with E-state index in [-0.39, 0.29) is 5.41 Å². The number of hydrogen-bond acceptors (Lipinski definition) is 2. The molecule has 1 aromatic heterocycles. The van der Waals surface area contributed by atoms with Crippen LogP contribution in [0.1, 0.15) is 69.5 Å². The molecule has 15 rings (SSSR count). The Labute approximate surface area is 438 Å². The van der Waals surface area contributed by atoms with Crippen molar-refractivity contribution in [1.82, 2.24) is 0 Å². The van der Waals surface area contributed by atoms with E-state index in [0.29, 0.717) is 0 Å². The number of fused-ring (bicyclic) bond motifs is 10. The third-order valence-electron chi connectivity index (χ3n) is 17.1. The molecule has 0 fully saturated rings. The van der Waals surface area contributed by atoms with Crippen LogP contribution < -0.4 is 4.90 Å². The molecule has 0 aliphatic heterocycles. The summed E-state index contributed by atoms with van der Waals surface area (Å²) in [7, 11) is 0. The minimum atomic E-state index is -0.563. The third-order valence-corrected chi connectivity index (χ3v) is 17.1. The van der Waals surface area contributed by atoms with Crippen molar-refractivity contribution in [1.29, 1.82) is 0 Å². The first-order valence-electron chi connectivity index (χ1n) is 26.2. The smallest absolute Gasteiger partial charge is 0.141 e. The highest BCUT2D eigenvalue weighted by Gasteiger charge is 2.48. The first-order chi connectivity index (χ1) is 37.0. The molecule has 0 N–H and O–H groups in total. The van der Waals surface area contributed by atoms with Crippen molar-refractivity contribution in [2.24, 2.45) is 0 Å². The van der Waals surface area contributed by atoms with Gasteiger partial charge < -0.3 is 9.32 Å². The van der Waals surface area contributed by atoms with Crippen molar-refractivity contribution in [2.75, 3.05) is 4.90 Å². The van der Waals surface area contributed by atoms with Crippen LogP contribution in [0.4, 0.5) is 17.1 Å². The van der Waals surface area contributed by atoms with Crippen molar-refractivity contribution >= 4 is 28.0 Å². The zero-order valence-electron chi connectivity index (χ0n) is 41.8. The van der Waals surface area contributed by atoms with E-state index in [2.05, 4.69) is 280 Å². The summed E-state index contributed by atoms with van der Waals surface area (Å²) in [5, 5.41) is 1.11. The molecule has 2 nitrogen and oxygen atoms in total. The van der Waals surface area contributed by atoms with Gasteiger partial charge in [0.2, 0.25) is 0 Å². The van der Waals surface area contributed by atoms with Crippen LogP contribution in [0, 0.1) is 0 Å². The highest BCUT2D eigenvalue weighted by molar-refractivity contribution is 5.97. The molecule has 1 heterocycles. The van der Waals surface area contributed by atoms with Gasteiger partial charge in [0, 0.05) is 33.4 Å². The molecular weight excluding hydrogens is 907 g/mol. The second-order valence-corrected chi connectivity index (χ2v) is 21.1. The van der Waals surface area contributed by atoms with E-state index in [1.807, 2.05) is 6.07 Å². The van der Waals surface area contributed by atoms with Gasteiger partial charge in [-0.1, -0.05) is 232 Å². The summed E-state index contributed by atoms with van der Waals surface area (Å²) in [6, 6.07) is 99.8. The summed E-state index contributed by atoms with van der Waals surface area (Å²) in [4.78, 5) is 2.52. The van der Waals surface area contributed by atoms with Gasteiger partial charge in [0.05, 0.1) is 17.1 Å². The number of anilines is 3. The minimum absolute atomic E-state index is 0.205. The van der Waals surface area contributed by atoms with Gasteiger partial charge >= 0.3 is 0 Å². The highest BCUT2D eigenvalue weighted by atomic mass is 16.3. The van der Waals surface area contributed by atoms with Crippen LogP contribution in [0.5, 0.6) is 0 Å². The summed E-state index contributed by atoms with van der Waals surface area (Å²) >= 11 is 0. The molecule has 0 spiro atoms. The van der Waals surface area contributed by atoms with E-state index >= 15 is 0 Å². The molecular formula is C73H51NO. The maximum absolute atomic E-state index is 6.12. The van der Waals surface area contributed by atoms with Gasteiger partial charge in [-0.05, 0) is 143 Å². The van der Waals surface area contributed by atoms with Crippen molar-refractivity contribution in [3.05, 3.63) is 329 Å². The zero-order valence-corrected chi connectivity index (χ0v) is 41.8. The van der Waals surface area contributed by atoms with Crippen LogP contribution in [0.15, 0.2) is 278 Å². The zero-order chi connectivity index (χ0) is 49.9. The van der Waals surface area contributed by atoms with E-state index in [1.165, 1.54) is 89.0 Å². The minimum Gasteiger partial charge on any atom is -0.464 e. The van der Waals surface area contributed by atoms with Gasteiger partial charge in [0.1, 0.15) is 5.58 Å². The Kier molecular flexibility index (Phi) is 9.47. The number of benzene rings is 11. The Morgan fingerprint density at radius 3 is 1.29 bits per heavy atom. The van der Waals surface area contributed by atoms with Gasteiger partial charge in [-0.25, -0.2) is 0 Å². The fraction of sp³-hybridized carbons (Fsp3) is 0.0685. The molecule has 3 aliphatic carbocycles. The third kappa shape index (κ3) is 6.08. The highest BCUT2D eigenvalue weighted by Crippen LogP contribution is 2.60. The number of rotatable bonds is 8. The summed E-state index contributed by atoms with van der Waals surface area (Å²) < 4.78 is 6.12. The predicted octanol–water partition coefficient (Wildman–Crippen LogP) is 18.6. The van der Waals surface area contributed by atoms with Gasteiger partial charge in [-0.15, -0.1) is 0 Å². The molecule has 2 heteroatoms. The number of nitrogens with zero attached hydrogens (tertiary/aromatic N) is 1. The first kappa shape index (κ1) is 43.4. The second-order valence-electron chi connectivity index (χ2n) is 21.1. The Morgan fingerprint density at radius 1 is 0.293 bits per heavy atom. The fourth-order valence-corrected chi connectivity index (χ4v) is 13.9. The van der Waals surface area contributed by atoms with E-state index < -0.39 is 10.8 Å². The fourth-order valence-electron chi connectivity index (χ4n) is 13.9. The summed E-state index contributed by atoms with van der Waals surface area (Å²) in [6.07, 6.45) is 1.79. The van der Waals surface area contributed by atoms with Crippen LogP contribution in [0.2, 0.25) is 0 Å². The maximum atomic E-state index is 6.12. The van der Waals surface area contributed by atoms with Gasteiger partial charge in [-0.2, -0.15) is 0 Å². The topological polar surface area (TPSA) is 16.4 Å². The van der Waals surface area contributed by atoms with Crippen LogP contribution in [-0.2, 0) is 16.2 Å². The quantitative estimate of drug-likeness (QED) is 0.151.